The molecule has 1 rings (SSSR count). The molecule has 2 N–H and O–H groups in total. The summed E-state index contributed by atoms with van der Waals surface area (Å²) in [6.07, 6.45) is 0.164. The molecule has 0 heterocycles. The summed E-state index contributed by atoms with van der Waals surface area (Å²) in [4.78, 5) is 0. The van der Waals surface area contributed by atoms with E-state index < -0.39 is 0 Å². The largest absolute Gasteiger partial charge is 0.377 e. The second kappa shape index (κ2) is 5.13. The maximum Gasteiger partial charge on any atom is 0.0793 e. The van der Waals surface area contributed by atoms with Crippen molar-refractivity contribution >= 4 is 0 Å². The van der Waals surface area contributed by atoms with Crippen molar-refractivity contribution in [2.24, 2.45) is 5.73 Å². The van der Waals surface area contributed by atoms with Gasteiger partial charge in [0, 0.05) is 7.11 Å². The van der Waals surface area contributed by atoms with Crippen molar-refractivity contribution in [2.75, 3.05) is 13.7 Å². The van der Waals surface area contributed by atoms with Crippen molar-refractivity contribution in [3.05, 3.63) is 35.4 Å². The lowest BCUT2D eigenvalue weighted by Crippen LogP contribution is -2.08. The van der Waals surface area contributed by atoms with Gasteiger partial charge in [0.1, 0.15) is 0 Å². The molecule has 0 amide bonds. The summed E-state index contributed by atoms with van der Waals surface area (Å²) in [5, 5.41) is 0. The van der Waals surface area contributed by atoms with Crippen molar-refractivity contribution in [2.45, 2.75) is 25.9 Å². The summed E-state index contributed by atoms with van der Waals surface area (Å²) in [6, 6.07) is 8.47. The molecular weight excluding hydrogens is 174 g/mol. The van der Waals surface area contributed by atoms with Crippen LogP contribution >= 0.6 is 0 Å². The highest BCUT2D eigenvalue weighted by Crippen LogP contribution is 2.19. The van der Waals surface area contributed by atoms with Gasteiger partial charge in [-0.25, -0.2) is 0 Å². The van der Waals surface area contributed by atoms with Crippen LogP contribution in [0.1, 0.15) is 37.0 Å². The fourth-order valence-electron chi connectivity index (χ4n) is 1.37. The van der Waals surface area contributed by atoms with E-state index in [1.165, 1.54) is 11.1 Å². The normalized spacial score (nSPS) is 15.1. The Bertz CT molecular complexity index is 239. The molecule has 0 radical (unpaired) electrons. The summed E-state index contributed by atoms with van der Waals surface area (Å²) in [5.41, 5.74) is 8.10. The number of rotatable bonds is 4. The van der Waals surface area contributed by atoms with E-state index >= 15 is 0 Å². The molecule has 0 bridgehead atoms. The van der Waals surface area contributed by atoms with Crippen molar-refractivity contribution < 1.29 is 4.74 Å². The van der Waals surface area contributed by atoms with Crippen LogP contribution in [0.5, 0.6) is 0 Å². The minimum atomic E-state index is 0.164. The molecule has 78 valence electrons. The van der Waals surface area contributed by atoms with Crippen LogP contribution in [0.4, 0.5) is 0 Å². The molecule has 0 saturated heterocycles. The zero-order valence-corrected chi connectivity index (χ0v) is 9.16. The summed E-state index contributed by atoms with van der Waals surface area (Å²) in [5.74, 6) is 0.432. The topological polar surface area (TPSA) is 35.2 Å². The van der Waals surface area contributed by atoms with Gasteiger partial charge in [-0.1, -0.05) is 31.2 Å². The average molecular weight is 193 g/mol. The number of methoxy groups -OCH3 is 1. The number of benzene rings is 1. The van der Waals surface area contributed by atoms with Gasteiger partial charge < -0.3 is 10.5 Å². The Morgan fingerprint density at radius 2 is 1.64 bits per heavy atom. The molecule has 2 heteroatoms. The van der Waals surface area contributed by atoms with Crippen molar-refractivity contribution in [1.29, 1.82) is 0 Å². The minimum absolute atomic E-state index is 0.164. The molecule has 0 unspecified atom stereocenters. The first-order valence-corrected chi connectivity index (χ1v) is 5.01. The molecule has 0 spiro atoms. The molecule has 0 aliphatic heterocycles. The molecule has 0 aromatic heterocycles. The van der Waals surface area contributed by atoms with E-state index in [0.717, 1.165) is 0 Å². The van der Waals surface area contributed by atoms with E-state index in [4.69, 9.17) is 10.5 Å². The van der Waals surface area contributed by atoms with Gasteiger partial charge in [-0.05, 0) is 30.5 Å². The number of ether oxygens (including phenoxy) is 1. The fourth-order valence-corrected chi connectivity index (χ4v) is 1.37. The van der Waals surface area contributed by atoms with E-state index in [1.807, 2.05) is 6.92 Å². The molecule has 0 aliphatic rings. The molecule has 1 aromatic rings. The number of hydrogen-bond donors (Lipinski definition) is 1. The third kappa shape index (κ3) is 2.56. The number of nitrogens with two attached hydrogens (primary N) is 1. The van der Waals surface area contributed by atoms with Gasteiger partial charge in [0.2, 0.25) is 0 Å². The minimum Gasteiger partial charge on any atom is -0.377 e. The molecule has 0 fully saturated rings. The first kappa shape index (κ1) is 11.2. The Morgan fingerprint density at radius 3 is 2.07 bits per heavy atom. The zero-order chi connectivity index (χ0) is 10.6. The van der Waals surface area contributed by atoms with Crippen LogP contribution in [-0.2, 0) is 4.74 Å². The average Bonchev–Trinajstić information content (AvgIpc) is 2.27. The summed E-state index contributed by atoms with van der Waals surface area (Å²) >= 11 is 0. The first-order chi connectivity index (χ1) is 6.69. The van der Waals surface area contributed by atoms with Gasteiger partial charge in [0.25, 0.3) is 0 Å². The van der Waals surface area contributed by atoms with E-state index in [2.05, 4.69) is 31.2 Å². The lowest BCUT2D eigenvalue weighted by molar-refractivity contribution is 0.119. The van der Waals surface area contributed by atoms with Gasteiger partial charge >= 0.3 is 0 Å². The molecule has 2 atom stereocenters. The van der Waals surface area contributed by atoms with Gasteiger partial charge in [0.05, 0.1) is 6.10 Å². The third-order valence-corrected chi connectivity index (χ3v) is 2.68. The highest BCUT2D eigenvalue weighted by atomic mass is 16.5. The quantitative estimate of drug-likeness (QED) is 0.797. The van der Waals surface area contributed by atoms with Gasteiger partial charge in [-0.2, -0.15) is 0 Å². The van der Waals surface area contributed by atoms with Crippen LogP contribution in [0, 0.1) is 0 Å². The smallest absolute Gasteiger partial charge is 0.0793 e. The SMILES string of the molecule is CO[C@H](C)c1ccc([C@@H](C)CN)cc1. The second-order valence-corrected chi connectivity index (χ2v) is 3.68. The van der Waals surface area contributed by atoms with Crippen molar-refractivity contribution in [1.82, 2.24) is 0 Å². The maximum absolute atomic E-state index is 5.60. The molecule has 0 aliphatic carbocycles. The maximum atomic E-state index is 5.60. The predicted octanol–water partition coefficient (Wildman–Crippen LogP) is 2.46. The Hall–Kier alpha value is -0.860. The lowest BCUT2D eigenvalue weighted by Gasteiger charge is -2.12. The Morgan fingerprint density at radius 1 is 1.14 bits per heavy atom. The van der Waals surface area contributed by atoms with Crippen LogP contribution in [0.15, 0.2) is 24.3 Å². The highest BCUT2D eigenvalue weighted by molar-refractivity contribution is 5.26. The van der Waals surface area contributed by atoms with E-state index in [9.17, 15) is 0 Å². The van der Waals surface area contributed by atoms with Gasteiger partial charge in [0.15, 0.2) is 0 Å². The van der Waals surface area contributed by atoms with Crippen LogP contribution < -0.4 is 5.73 Å². The highest BCUT2D eigenvalue weighted by Gasteiger charge is 2.05. The second-order valence-electron chi connectivity index (χ2n) is 3.68. The van der Waals surface area contributed by atoms with Gasteiger partial charge in [-0.15, -0.1) is 0 Å². The Labute approximate surface area is 86.1 Å². The third-order valence-electron chi connectivity index (χ3n) is 2.68. The lowest BCUT2D eigenvalue weighted by atomic mass is 9.99. The Balaban J connectivity index is 2.78. The van der Waals surface area contributed by atoms with E-state index in [0.29, 0.717) is 12.5 Å². The molecule has 14 heavy (non-hydrogen) atoms. The zero-order valence-electron chi connectivity index (χ0n) is 9.16. The van der Waals surface area contributed by atoms with Crippen molar-refractivity contribution in [3.63, 3.8) is 0 Å². The summed E-state index contributed by atoms with van der Waals surface area (Å²) in [7, 11) is 1.72. The monoisotopic (exact) mass is 193 g/mol. The number of hydrogen-bond acceptors (Lipinski definition) is 2. The molecule has 0 saturated carbocycles. The fraction of sp³-hybridized carbons (Fsp3) is 0.500. The predicted molar refractivity (Wildman–Crippen MR) is 59.3 cm³/mol. The van der Waals surface area contributed by atoms with Crippen LogP contribution in [0.25, 0.3) is 0 Å². The molecular formula is C12H19NO. The molecule has 1 aromatic carbocycles. The van der Waals surface area contributed by atoms with E-state index in [1.54, 1.807) is 7.11 Å². The van der Waals surface area contributed by atoms with Crippen LogP contribution in [0.3, 0.4) is 0 Å². The van der Waals surface area contributed by atoms with E-state index in [-0.39, 0.29) is 6.10 Å². The van der Waals surface area contributed by atoms with Crippen LogP contribution in [-0.4, -0.2) is 13.7 Å². The first-order valence-electron chi connectivity index (χ1n) is 5.01. The summed E-state index contributed by atoms with van der Waals surface area (Å²) in [6.45, 7) is 4.87. The van der Waals surface area contributed by atoms with Crippen LogP contribution in [0.2, 0.25) is 0 Å². The van der Waals surface area contributed by atoms with Gasteiger partial charge in [-0.3, -0.25) is 0 Å². The standard InChI is InChI=1S/C12H19NO/c1-9(8-13)11-4-6-12(7-5-11)10(2)14-3/h4-7,9-10H,8,13H2,1-3H3/t9-,10+/m0/s1. The van der Waals surface area contributed by atoms with Crippen molar-refractivity contribution in [3.8, 4) is 0 Å². The molecule has 2 nitrogen and oxygen atoms in total. The Kier molecular flexibility index (Phi) is 4.11. The summed E-state index contributed by atoms with van der Waals surface area (Å²) < 4.78 is 5.24.